The van der Waals surface area contributed by atoms with E-state index in [1.807, 2.05) is 0 Å². The molecule has 4 N–H and O–H groups in total. The van der Waals surface area contributed by atoms with Gasteiger partial charge < -0.3 is 11.5 Å². The van der Waals surface area contributed by atoms with Crippen molar-refractivity contribution in [3.8, 4) is 0 Å². The first-order valence-corrected chi connectivity index (χ1v) is 3.39. The number of nitrogens with two attached hydrogens (primary N) is 2. The van der Waals surface area contributed by atoms with Crippen LogP contribution in [0.15, 0.2) is 6.20 Å². The van der Waals surface area contributed by atoms with Gasteiger partial charge in [-0.1, -0.05) is 11.6 Å². The molecule has 0 saturated heterocycles. The van der Waals surface area contributed by atoms with Crippen LogP contribution in [0.25, 0.3) is 0 Å². The SMILES string of the molecule is Nc1cnc(Cl)c(C(F)F)c1N. The Balaban J connectivity index is 3.33. The van der Waals surface area contributed by atoms with Gasteiger partial charge in [-0.25, -0.2) is 13.8 Å². The Labute approximate surface area is 72.3 Å². The fraction of sp³-hybridized carbons (Fsp3) is 0.167. The normalized spacial score (nSPS) is 10.7. The minimum Gasteiger partial charge on any atom is -0.397 e. The smallest absolute Gasteiger partial charge is 0.268 e. The zero-order valence-corrected chi connectivity index (χ0v) is 6.65. The van der Waals surface area contributed by atoms with E-state index in [9.17, 15) is 8.78 Å². The van der Waals surface area contributed by atoms with E-state index in [-0.39, 0.29) is 16.5 Å². The third-order valence-electron chi connectivity index (χ3n) is 1.36. The van der Waals surface area contributed by atoms with Gasteiger partial charge in [0, 0.05) is 0 Å². The fourth-order valence-electron chi connectivity index (χ4n) is 0.740. The van der Waals surface area contributed by atoms with E-state index in [1.165, 1.54) is 0 Å². The molecule has 0 aliphatic rings. The van der Waals surface area contributed by atoms with Crippen LogP contribution in [-0.4, -0.2) is 4.98 Å². The second-order valence-corrected chi connectivity index (χ2v) is 2.49. The molecule has 0 fully saturated rings. The Bertz CT molecular complexity index is 303. The number of anilines is 2. The van der Waals surface area contributed by atoms with Crippen LogP contribution in [0.4, 0.5) is 20.2 Å². The molecule has 0 radical (unpaired) electrons. The topological polar surface area (TPSA) is 64.9 Å². The van der Waals surface area contributed by atoms with Crippen LogP contribution in [0.1, 0.15) is 12.0 Å². The van der Waals surface area contributed by atoms with Crippen LogP contribution in [0.5, 0.6) is 0 Å². The Morgan fingerprint density at radius 3 is 2.42 bits per heavy atom. The number of alkyl halides is 2. The monoisotopic (exact) mass is 193 g/mol. The van der Waals surface area contributed by atoms with E-state index in [0.717, 1.165) is 6.20 Å². The van der Waals surface area contributed by atoms with Crippen molar-refractivity contribution in [2.75, 3.05) is 11.5 Å². The number of nitrogen functional groups attached to an aromatic ring is 2. The van der Waals surface area contributed by atoms with E-state index >= 15 is 0 Å². The first kappa shape index (κ1) is 8.99. The number of rotatable bonds is 1. The van der Waals surface area contributed by atoms with Gasteiger partial charge in [0.05, 0.1) is 23.1 Å². The molecular formula is C6H6ClF2N3. The van der Waals surface area contributed by atoms with Crippen molar-refractivity contribution in [1.82, 2.24) is 4.98 Å². The second-order valence-electron chi connectivity index (χ2n) is 2.13. The lowest BCUT2D eigenvalue weighted by atomic mass is 10.2. The molecule has 0 unspecified atom stereocenters. The lowest BCUT2D eigenvalue weighted by molar-refractivity contribution is 0.152. The Kier molecular flexibility index (Phi) is 2.32. The van der Waals surface area contributed by atoms with Crippen molar-refractivity contribution in [3.63, 3.8) is 0 Å². The molecule has 12 heavy (non-hydrogen) atoms. The molecular weight excluding hydrogens is 188 g/mol. The first-order chi connectivity index (χ1) is 5.54. The summed E-state index contributed by atoms with van der Waals surface area (Å²) in [5, 5.41) is -0.309. The lowest BCUT2D eigenvalue weighted by Crippen LogP contribution is -2.02. The fourth-order valence-corrected chi connectivity index (χ4v) is 0.973. The van der Waals surface area contributed by atoms with Crippen LogP contribution in [0.3, 0.4) is 0 Å². The molecule has 0 aromatic carbocycles. The van der Waals surface area contributed by atoms with Crippen molar-refractivity contribution >= 4 is 23.0 Å². The van der Waals surface area contributed by atoms with Crippen molar-refractivity contribution in [3.05, 3.63) is 16.9 Å². The molecule has 0 saturated carbocycles. The number of halogens is 3. The van der Waals surface area contributed by atoms with Gasteiger partial charge in [0.2, 0.25) is 0 Å². The van der Waals surface area contributed by atoms with Gasteiger partial charge in [-0.2, -0.15) is 0 Å². The highest BCUT2D eigenvalue weighted by molar-refractivity contribution is 6.30. The van der Waals surface area contributed by atoms with E-state index in [4.69, 9.17) is 23.1 Å². The van der Waals surface area contributed by atoms with E-state index < -0.39 is 12.0 Å². The predicted octanol–water partition coefficient (Wildman–Crippen LogP) is 1.84. The summed E-state index contributed by atoms with van der Waals surface area (Å²) in [4.78, 5) is 3.44. The van der Waals surface area contributed by atoms with Gasteiger partial charge in [-0.05, 0) is 0 Å². The van der Waals surface area contributed by atoms with Crippen LogP contribution < -0.4 is 11.5 Å². The highest BCUT2D eigenvalue weighted by Crippen LogP contribution is 2.33. The molecule has 0 aliphatic carbocycles. The first-order valence-electron chi connectivity index (χ1n) is 3.01. The molecule has 0 bridgehead atoms. The third kappa shape index (κ3) is 1.40. The van der Waals surface area contributed by atoms with Gasteiger partial charge in [0.15, 0.2) is 0 Å². The van der Waals surface area contributed by atoms with Crippen LogP contribution >= 0.6 is 11.6 Å². The summed E-state index contributed by atoms with van der Waals surface area (Å²) in [6.45, 7) is 0. The zero-order chi connectivity index (χ0) is 9.30. The zero-order valence-electron chi connectivity index (χ0n) is 5.89. The number of hydrogen-bond donors (Lipinski definition) is 2. The van der Waals surface area contributed by atoms with E-state index in [2.05, 4.69) is 4.98 Å². The number of aromatic nitrogens is 1. The lowest BCUT2D eigenvalue weighted by Gasteiger charge is -2.07. The standard InChI is InChI=1S/C6H6ClF2N3/c7-5-3(6(8)9)4(11)2(10)1-12-5/h1,6H,10H2,(H2,11,12). The molecule has 1 rings (SSSR count). The van der Waals surface area contributed by atoms with Crippen LogP contribution in [0, 0.1) is 0 Å². The van der Waals surface area contributed by atoms with Crippen molar-refractivity contribution < 1.29 is 8.78 Å². The molecule has 0 amide bonds. The van der Waals surface area contributed by atoms with Crippen LogP contribution in [0.2, 0.25) is 5.15 Å². The maximum Gasteiger partial charge on any atom is 0.268 e. The Hall–Kier alpha value is -1.10. The van der Waals surface area contributed by atoms with Gasteiger partial charge in [-0.3, -0.25) is 0 Å². The largest absolute Gasteiger partial charge is 0.397 e. The van der Waals surface area contributed by atoms with Crippen molar-refractivity contribution in [1.29, 1.82) is 0 Å². The van der Waals surface area contributed by atoms with Crippen LogP contribution in [-0.2, 0) is 0 Å². The minimum atomic E-state index is -2.76. The maximum absolute atomic E-state index is 12.2. The third-order valence-corrected chi connectivity index (χ3v) is 1.66. The molecule has 3 nitrogen and oxygen atoms in total. The molecule has 1 aromatic rings. The average Bonchev–Trinajstić information content (AvgIpc) is 1.97. The molecule has 0 aliphatic heterocycles. The van der Waals surface area contributed by atoms with Crippen molar-refractivity contribution in [2.24, 2.45) is 0 Å². The van der Waals surface area contributed by atoms with E-state index in [0.29, 0.717) is 0 Å². The summed E-state index contributed by atoms with van der Waals surface area (Å²) in [6.07, 6.45) is -1.61. The summed E-state index contributed by atoms with van der Waals surface area (Å²) >= 11 is 5.37. The highest BCUT2D eigenvalue weighted by atomic mass is 35.5. The van der Waals surface area contributed by atoms with Gasteiger partial charge >= 0.3 is 0 Å². The molecule has 1 aromatic heterocycles. The Morgan fingerprint density at radius 2 is 2.00 bits per heavy atom. The predicted molar refractivity (Wildman–Crippen MR) is 43.0 cm³/mol. The summed E-state index contributed by atoms with van der Waals surface area (Å²) in [5.41, 5.74) is 9.80. The summed E-state index contributed by atoms with van der Waals surface area (Å²) in [5.74, 6) is 0. The Morgan fingerprint density at radius 1 is 1.42 bits per heavy atom. The van der Waals surface area contributed by atoms with Gasteiger partial charge in [0.1, 0.15) is 5.15 Å². The summed E-state index contributed by atoms with van der Waals surface area (Å²) < 4.78 is 24.4. The van der Waals surface area contributed by atoms with E-state index in [1.54, 1.807) is 0 Å². The number of nitrogens with zero attached hydrogens (tertiary/aromatic N) is 1. The van der Waals surface area contributed by atoms with Gasteiger partial charge in [-0.15, -0.1) is 0 Å². The molecule has 0 spiro atoms. The second kappa shape index (κ2) is 3.10. The minimum absolute atomic E-state index is 0.00898. The molecule has 6 heteroatoms. The van der Waals surface area contributed by atoms with Gasteiger partial charge in [0.25, 0.3) is 6.43 Å². The molecule has 0 atom stereocenters. The highest BCUT2D eigenvalue weighted by Gasteiger charge is 2.18. The molecule has 1 heterocycles. The summed E-state index contributed by atoms with van der Waals surface area (Å²) in [7, 11) is 0. The summed E-state index contributed by atoms with van der Waals surface area (Å²) in [6, 6.07) is 0. The number of hydrogen-bond acceptors (Lipinski definition) is 3. The quantitative estimate of drug-likeness (QED) is 0.669. The maximum atomic E-state index is 12.2. The van der Waals surface area contributed by atoms with Crippen molar-refractivity contribution in [2.45, 2.75) is 6.43 Å². The molecule has 66 valence electrons. The number of pyridine rings is 1. The average molecular weight is 194 g/mol.